The third-order valence-corrected chi connectivity index (χ3v) is 5.51. The van der Waals surface area contributed by atoms with Gasteiger partial charge in [0, 0.05) is 0 Å². The lowest BCUT2D eigenvalue weighted by molar-refractivity contribution is 0.250. The summed E-state index contributed by atoms with van der Waals surface area (Å²) in [5, 5.41) is 8.32. The number of unbranched alkanes of at least 4 members (excludes halogenated alkanes) is 1. The number of hydrogen-bond acceptors (Lipinski definition) is 1. The molecule has 0 N–H and O–H groups in total. The van der Waals surface area contributed by atoms with E-state index >= 15 is 0 Å². The maximum absolute atomic E-state index is 13.2. The summed E-state index contributed by atoms with van der Waals surface area (Å²) in [6.07, 6.45) is 16.0. The van der Waals surface area contributed by atoms with Gasteiger partial charge in [-0.1, -0.05) is 56.7 Å². The van der Waals surface area contributed by atoms with Crippen molar-refractivity contribution in [2.45, 2.75) is 64.2 Å². The van der Waals surface area contributed by atoms with Crippen LogP contribution >= 0.6 is 0 Å². The molecule has 0 heterocycles. The van der Waals surface area contributed by atoms with Crippen LogP contribution in [0.3, 0.4) is 0 Å². The number of aryl methyl sites for hydroxylation is 1. The Morgan fingerprint density at radius 3 is 2.41 bits per heavy atom. The zero-order valence-electron chi connectivity index (χ0n) is 15.8. The lowest BCUT2D eigenvalue weighted by Gasteiger charge is -2.28. The van der Waals surface area contributed by atoms with Crippen molar-refractivity contribution < 1.29 is 13.2 Å². The smallest absolute Gasteiger partial charge is 0.199 e. The van der Waals surface area contributed by atoms with E-state index < -0.39 is 17.5 Å². The van der Waals surface area contributed by atoms with Crippen molar-refractivity contribution in [1.29, 1.82) is 5.26 Å². The minimum absolute atomic E-state index is 0.748. The van der Waals surface area contributed by atoms with E-state index in [2.05, 4.69) is 0 Å². The molecule has 0 spiro atoms. The number of nitrogens with zero attached hydrogens (tertiary/aromatic N) is 1. The topological polar surface area (TPSA) is 23.8 Å². The summed E-state index contributed by atoms with van der Waals surface area (Å²) < 4.78 is 38.7. The zero-order chi connectivity index (χ0) is 19.5. The number of hydrogen-bond donors (Lipinski definition) is 0. The molecule has 0 aromatic heterocycles. The average Bonchev–Trinajstić information content (AvgIpc) is 2.68. The fourth-order valence-corrected chi connectivity index (χ4v) is 3.88. The SMILES string of the molecule is N#CC(F)=CC=CCC[C@H]1CC[C@H](CCCCc2ccc(F)c(F)c2)CC1. The van der Waals surface area contributed by atoms with Gasteiger partial charge in [0.1, 0.15) is 6.07 Å². The molecule has 1 aliphatic carbocycles. The molecular formula is C23H28F3N. The lowest BCUT2D eigenvalue weighted by atomic mass is 9.78. The first-order valence-electron chi connectivity index (χ1n) is 9.95. The van der Waals surface area contributed by atoms with Crippen LogP contribution in [0.5, 0.6) is 0 Å². The molecule has 0 bridgehead atoms. The van der Waals surface area contributed by atoms with Crippen molar-refractivity contribution in [3.63, 3.8) is 0 Å². The van der Waals surface area contributed by atoms with E-state index in [0.29, 0.717) is 0 Å². The molecule has 4 heteroatoms. The first kappa shape index (κ1) is 21.3. The van der Waals surface area contributed by atoms with Crippen LogP contribution in [0.2, 0.25) is 0 Å². The molecular weight excluding hydrogens is 347 g/mol. The Kier molecular flexibility index (Phi) is 9.18. The predicted molar refractivity (Wildman–Crippen MR) is 103 cm³/mol. The summed E-state index contributed by atoms with van der Waals surface area (Å²) in [5.41, 5.74) is 0.871. The summed E-state index contributed by atoms with van der Waals surface area (Å²) in [7, 11) is 0. The molecule has 1 nitrogen and oxygen atoms in total. The van der Waals surface area contributed by atoms with Crippen LogP contribution in [-0.2, 0) is 6.42 Å². The largest absolute Gasteiger partial charge is 0.204 e. The van der Waals surface area contributed by atoms with E-state index in [1.165, 1.54) is 56.4 Å². The quantitative estimate of drug-likeness (QED) is 0.254. The second-order valence-corrected chi connectivity index (χ2v) is 7.51. The summed E-state index contributed by atoms with van der Waals surface area (Å²) in [5.74, 6) is -0.757. The molecule has 0 aliphatic heterocycles. The van der Waals surface area contributed by atoms with Crippen molar-refractivity contribution in [3.05, 3.63) is 59.5 Å². The summed E-state index contributed by atoms with van der Waals surface area (Å²) >= 11 is 0. The van der Waals surface area contributed by atoms with Gasteiger partial charge in [-0.25, -0.2) is 8.78 Å². The van der Waals surface area contributed by atoms with Gasteiger partial charge in [0.2, 0.25) is 0 Å². The normalized spacial score (nSPS) is 20.7. The number of halogens is 3. The molecule has 2 rings (SSSR count). The highest BCUT2D eigenvalue weighted by molar-refractivity contribution is 5.19. The minimum atomic E-state index is -0.781. The van der Waals surface area contributed by atoms with Crippen molar-refractivity contribution in [3.8, 4) is 6.07 Å². The van der Waals surface area contributed by atoms with Gasteiger partial charge in [0.15, 0.2) is 17.5 Å². The van der Waals surface area contributed by atoms with E-state index in [1.54, 1.807) is 12.1 Å². The number of benzene rings is 1. The van der Waals surface area contributed by atoms with Crippen LogP contribution in [-0.4, -0.2) is 0 Å². The molecule has 146 valence electrons. The van der Waals surface area contributed by atoms with E-state index in [4.69, 9.17) is 5.26 Å². The number of nitriles is 1. The lowest BCUT2D eigenvalue weighted by Crippen LogP contribution is -2.14. The maximum Gasteiger partial charge on any atom is 0.199 e. The molecule has 0 saturated heterocycles. The molecule has 1 fully saturated rings. The number of allylic oxidation sites excluding steroid dienone is 4. The van der Waals surface area contributed by atoms with Crippen molar-refractivity contribution in [2.24, 2.45) is 11.8 Å². The van der Waals surface area contributed by atoms with Crippen molar-refractivity contribution in [2.75, 3.05) is 0 Å². The Hall–Kier alpha value is -2.02. The molecule has 27 heavy (non-hydrogen) atoms. The summed E-state index contributed by atoms with van der Waals surface area (Å²) in [6.45, 7) is 0. The van der Waals surface area contributed by atoms with Crippen LogP contribution < -0.4 is 0 Å². The summed E-state index contributed by atoms with van der Waals surface area (Å²) in [4.78, 5) is 0. The molecule has 1 aromatic carbocycles. The number of rotatable bonds is 9. The Morgan fingerprint density at radius 2 is 1.74 bits per heavy atom. The molecule has 0 amide bonds. The van der Waals surface area contributed by atoms with Gasteiger partial charge in [-0.15, -0.1) is 0 Å². The fourth-order valence-electron chi connectivity index (χ4n) is 3.88. The van der Waals surface area contributed by atoms with Gasteiger partial charge < -0.3 is 0 Å². The van der Waals surface area contributed by atoms with E-state index in [0.717, 1.165) is 49.5 Å². The molecule has 1 aromatic rings. The maximum atomic E-state index is 13.2. The highest BCUT2D eigenvalue weighted by Gasteiger charge is 2.20. The van der Waals surface area contributed by atoms with Gasteiger partial charge >= 0.3 is 0 Å². The van der Waals surface area contributed by atoms with Gasteiger partial charge in [-0.3, -0.25) is 0 Å². The molecule has 0 unspecified atom stereocenters. The fraction of sp³-hybridized carbons (Fsp3) is 0.522. The first-order valence-corrected chi connectivity index (χ1v) is 9.95. The highest BCUT2D eigenvalue weighted by atomic mass is 19.2. The zero-order valence-corrected chi connectivity index (χ0v) is 15.8. The van der Waals surface area contributed by atoms with Crippen LogP contribution in [0.15, 0.2) is 42.3 Å². The highest BCUT2D eigenvalue weighted by Crippen LogP contribution is 2.34. The van der Waals surface area contributed by atoms with E-state index in [-0.39, 0.29) is 0 Å². The monoisotopic (exact) mass is 375 g/mol. The van der Waals surface area contributed by atoms with Crippen molar-refractivity contribution in [1.82, 2.24) is 0 Å². The second-order valence-electron chi connectivity index (χ2n) is 7.51. The first-order chi connectivity index (χ1) is 13.1. The Labute approximate surface area is 160 Å². The molecule has 1 aliphatic rings. The van der Waals surface area contributed by atoms with Gasteiger partial charge in [-0.05, 0) is 61.3 Å². The molecule has 0 atom stereocenters. The summed E-state index contributed by atoms with van der Waals surface area (Å²) in [6, 6.07) is 5.64. The molecule has 1 saturated carbocycles. The van der Waals surface area contributed by atoms with E-state index in [9.17, 15) is 13.2 Å². The van der Waals surface area contributed by atoms with Crippen LogP contribution in [0.1, 0.15) is 63.4 Å². The van der Waals surface area contributed by atoms with Gasteiger partial charge in [0.25, 0.3) is 0 Å². The average molecular weight is 375 g/mol. The van der Waals surface area contributed by atoms with Crippen LogP contribution in [0.4, 0.5) is 13.2 Å². The minimum Gasteiger partial charge on any atom is -0.204 e. The third kappa shape index (κ3) is 8.03. The Morgan fingerprint density at radius 1 is 1.04 bits per heavy atom. The van der Waals surface area contributed by atoms with Crippen LogP contribution in [0, 0.1) is 34.8 Å². The predicted octanol–water partition coefficient (Wildman–Crippen LogP) is 7.20. The Bertz CT molecular complexity index is 679. The van der Waals surface area contributed by atoms with E-state index in [1.807, 2.05) is 6.08 Å². The van der Waals surface area contributed by atoms with Gasteiger partial charge in [-0.2, -0.15) is 9.65 Å². The molecule has 0 radical (unpaired) electrons. The van der Waals surface area contributed by atoms with Crippen LogP contribution in [0.25, 0.3) is 0 Å². The van der Waals surface area contributed by atoms with Crippen molar-refractivity contribution >= 4 is 0 Å². The second kappa shape index (κ2) is 11.6. The Balaban J connectivity index is 1.55. The third-order valence-electron chi connectivity index (χ3n) is 5.51. The standard InChI is InChI=1S/C23H28F3N/c24-21(17-27)9-3-1-2-6-18-10-12-19(13-11-18)7-4-5-8-20-14-15-22(25)23(26)16-20/h1,3,9,14-16,18-19H,2,4-8,10-13H2/t18-,19-. The van der Waals surface area contributed by atoms with Gasteiger partial charge in [0.05, 0.1) is 0 Å².